The highest BCUT2D eigenvalue weighted by molar-refractivity contribution is 9.10. The molecule has 1 N–H and O–H groups in total. The lowest BCUT2D eigenvalue weighted by Crippen LogP contribution is -2.14. The predicted octanol–water partition coefficient (Wildman–Crippen LogP) is 5.92. The summed E-state index contributed by atoms with van der Waals surface area (Å²) in [6, 6.07) is 14.0. The number of thiazole rings is 1. The van der Waals surface area contributed by atoms with Crippen molar-refractivity contribution in [3.63, 3.8) is 0 Å². The van der Waals surface area contributed by atoms with Gasteiger partial charge in [-0.05, 0) is 49.2 Å². The minimum absolute atomic E-state index is 0.0198. The lowest BCUT2D eigenvalue weighted by Gasteiger charge is -2.07. The van der Waals surface area contributed by atoms with Crippen molar-refractivity contribution in [2.24, 2.45) is 0 Å². The summed E-state index contributed by atoms with van der Waals surface area (Å²) in [6.07, 6.45) is 0. The minimum Gasteiger partial charge on any atom is -0.325 e. The Morgan fingerprint density at radius 3 is 2.64 bits per heavy atom. The van der Waals surface area contributed by atoms with Gasteiger partial charge in [-0.2, -0.15) is 0 Å². The topological polar surface area (TPSA) is 42.0 Å². The number of benzene rings is 2. The Kier molecular flexibility index (Phi) is 5.93. The molecule has 25 heavy (non-hydrogen) atoms. The van der Waals surface area contributed by atoms with Gasteiger partial charge in [0.1, 0.15) is 0 Å². The summed E-state index contributed by atoms with van der Waals surface area (Å²) >= 11 is 6.45. The highest BCUT2D eigenvalue weighted by Gasteiger charge is 2.09. The molecular formula is C19H17BrN2OS2. The third kappa shape index (κ3) is 4.93. The third-order valence-corrected chi connectivity index (χ3v) is 6.29. The molecule has 0 aliphatic carbocycles. The number of anilines is 1. The number of carbonyl (C=O) groups is 1. The van der Waals surface area contributed by atoms with Crippen LogP contribution in [0.15, 0.2) is 56.7 Å². The van der Waals surface area contributed by atoms with Gasteiger partial charge in [0.25, 0.3) is 0 Å². The van der Waals surface area contributed by atoms with Crippen molar-refractivity contribution in [3.8, 4) is 11.3 Å². The summed E-state index contributed by atoms with van der Waals surface area (Å²) in [4.78, 5) is 16.7. The highest BCUT2D eigenvalue weighted by Crippen LogP contribution is 2.29. The van der Waals surface area contributed by atoms with E-state index in [2.05, 4.69) is 33.2 Å². The van der Waals surface area contributed by atoms with E-state index < -0.39 is 0 Å². The van der Waals surface area contributed by atoms with E-state index in [0.717, 1.165) is 25.8 Å². The normalized spacial score (nSPS) is 10.7. The lowest BCUT2D eigenvalue weighted by molar-refractivity contribution is -0.113. The molecule has 0 atom stereocenters. The zero-order chi connectivity index (χ0) is 17.8. The molecule has 0 fully saturated rings. The number of aryl methyl sites for hydroxylation is 2. The molecule has 1 heterocycles. The van der Waals surface area contributed by atoms with Crippen molar-refractivity contribution < 1.29 is 4.79 Å². The molecule has 1 aromatic heterocycles. The van der Waals surface area contributed by atoms with Crippen LogP contribution >= 0.6 is 39.0 Å². The van der Waals surface area contributed by atoms with Crippen LogP contribution < -0.4 is 5.32 Å². The largest absolute Gasteiger partial charge is 0.325 e. The Bertz CT molecular complexity index is 891. The molecule has 2 aromatic carbocycles. The van der Waals surface area contributed by atoms with Crippen LogP contribution in [0.4, 0.5) is 5.69 Å². The quantitative estimate of drug-likeness (QED) is 0.508. The van der Waals surface area contributed by atoms with Crippen LogP contribution in [0.3, 0.4) is 0 Å². The number of hydrogen-bond donors (Lipinski definition) is 1. The maximum absolute atomic E-state index is 12.1. The van der Waals surface area contributed by atoms with Crippen molar-refractivity contribution in [3.05, 3.63) is 63.4 Å². The molecule has 3 nitrogen and oxygen atoms in total. The number of thioether (sulfide) groups is 1. The zero-order valence-corrected chi connectivity index (χ0v) is 17.1. The van der Waals surface area contributed by atoms with Crippen molar-refractivity contribution >= 4 is 50.6 Å². The summed E-state index contributed by atoms with van der Waals surface area (Å²) in [5.41, 5.74) is 5.24. The first-order chi connectivity index (χ1) is 12.0. The summed E-state index contributed by atoms with van der Waals surface area (Å²) in [5, 5.41) is 4.96. The SMILES string of the molecule is Cc1ccc(NC(=O)CSc2nc(-c3ccc(Br)cc3)cs2)cc1C. The van der Waals surface area contributed by atoms with Gasteiger partial charge in [-0.25, -0.2) is 4.98 Å². The van der Waals surface area contributed by atoms with E-state index in [4.69, 9.17) is 0 Å². The summed E-state index contributed by atoms with van der Waals surface area (Å²) in [7, 11) is 0. The van der Waals surface area contributed by atoms with Crippen LogP contribution in [0, 0.1) is 13.8 Å². The van der Waals surface area contributed by atoms with Gasteiger partial charge in [0, 0.05) is 21.1 Å². The first-order valence-electron chi connectivity index (χ1n) is 7.72. The summed E-state index contributed by atoms with van der Waals surface area (Å²) in [6.45, 7) is 4.10. The van der Waals surface area contributed by atoms with Crippen LogP contribution in [-0.2, 0) is 4.79 Å². The number of nitrogens with one attached hydrogen (secondary N) is 1. The smallest absolute Gasteiger partial charge is 0.234 e. The fourth-order valence-corrected chi connectivity index (χ4v) is 4.12. The molecule has 6 heteroatoms. The molecule has 0 aliphatic rings. The Balaban J connectivity index is 1.57. The van der Waals surface area contributed by atoms with E-state index in [9.17, 15) is 4.79 Å². The van der Waals surface area contributed by atoms with Crippen LogP contribution in [-0.4, -0.2) is 16.6 Å². The average molecular weight is 433 g/mol. The van der Waals surface area contributed by atoms with E-state index in [1.807, 2.05) is 54.8 Å². The maximum Gasteiger partial charge on any atom is 0.234 e. The van der Waals surface area contributed by atoms with Crippen molar-refractivity contribution in [2.75, 3.05) is 11.1 Å². The minimum atomic E-state index is -0.0198. The zero-order valence-electron chi connectivity index (χ0n) is 13.9. The Hall–Kier alpha value is -1.63. The van der Waals surface area contributed by atoms with Gasteiger partial charge in [0.05, 0.1) is 11.4 Å². The Labute approximate surface area is 164 Å². The standard InChI is InChI=1S/C19H17BrN2OS2/c1-12-3-8-16(9-13(12)2)21-18(23)11-25-19-22-17(10-24-19)14-4-6-15(20)7-5-14/h3-10H,11H2,1-2H3,(H,21,23). The van der Waals surface area contributed by atoms with Crippen molar-refractivity contribution in [1.29, 1.82) is 0 Å². The second-order valence-corrected chi connectivity index (χ2v) is 8.64. The molecule has 0 bridgehead atoms. The van der Waals surface area contributed by atoms with E-state index >= 15 is 0 Å². The van der Waals surface area contributed by atoms with Gasteiger partial charge >= 0.3 is 0 Å². The number of hydrogen-bond acceptors (Lipinski definition) is 4. The fraction of sp³-hybridized carbons (Fsp3) is 0.158. The molecule has 0 radical (unpaired) electrons. The van der Waals surface area contributed by atoms with Gasteiger partial charge in [-0.15, -0.1) is 11.3 Å². The van der Waals surface area contributed by atoms with Crippen LogP contribution in [0.5, 0.6) is 0 Å². The van der Waals surface area contributed by atoms with Crippen molar-refractivity contribution in [2.45, 2.75) is 18.2 Å². The molecule has 0 spiro atoms. The van der Waals surface area contributed by atoms with Crippen LogP contribution in [0.25, 0.3) is 11.3 Å². The monoisotopic (exact) mass is 432 g/mol. The van der Waals surface area contributed by atoms with Gasteiger partial charge in [-0.3, -0.25) is 4.79 Å². The predicted molar refractivity (Wildman–Crippen MR) is 111 cm³/mol. The van der Waals surface area contributed by atoms with Crippen LogP contribution in [0.2, 0.25) is 0 Å². The Morgan fingerprint density at radius 1 is 1.16 bits per heavy atom. The molecule has 128 valence electrons. The molecule has 0 saturated carbocycles. The molecule has 0 aliphatic heterocycles. The number of carbonyl (C=O) groups excluding carboxylic acids is 1. The first-order valence-corrected chi connectivity index (χ1v) is 10.4. The second-order valence-electron chi connectivity index (χ2n) is 5.64. The van der Waals surface area contributed by atoms with E-state index in [1.54, 1.807) is 11.3 Å². The van der Waals surface area contributed by atoms with Crippen molar-refractivity contribution in [1.82, 2.24) is 4.98 Å². The highest BCUT2D eigenvalue weighted by atomic mass is 79.9. The number of amides is 1. The van der Waals surface area contributed by atoms with E-state index in [-0.39, 0.29) is 5.91 Å². The van der Waals surface area contributed by atoms with Gasteiger partial charge in [0.2, 0.25) is 5.91 Å². The van der Waals surface area contributed by atoms with Crippen LogP contribution in [0.1, 0.15) is 11.1 Å². The number of aromatic nitrogens is 1. The maximum atomic E-state index is 12.1. The fourth-order valence-electron chi connectivity index (χ4n) is 2.22. The average Bonchev–Trinajstić information content (AvgIpc) is 3.06. The molecule has 3 aromatic rings. The van der Waals surface area contributed by atoms with E-state index in [1.165, 1.54) is 22.9 Å². The number of nitrogens with zero attached hydrogens (tertiary/aromatic N) is 1. The molecule has 0 unspecified atom stereocenters. The molecule has 3 rings (SSSR count). The number of halogens is 1. The first kappa shape index (κ1) is 18.2. The Morgan fingerprint density at radius 2 is 1.92 bits per heavy atom. The number of rotatable bonds is 5. The third-order valence-electron chi connectivity index (χ3n) is 3.74. The molecule has 1 amide bonds. The second kappa shape index (κ2) is 8.17. The summed E-state index contributed by atoms with van der Waals surface area (Å²) in [5.74, 6) is 0.328. The van der Waals surface area contributed by atoms with Gasteiger partial charge in [0.15, 0.2) is 4.34 Å². The van der Waals surface area contributed by atoms with Gasteiger partial charge in [-0.1, -0.05) is 45.9 Å². The van der Waals surface area contributed by atoms with Gasteiger partial charge < -0.3 is 5.32 Å². The summed E-state index contributed by atoms with van der Waals surface area (Å²) < 4.78 is 1.94. The molecule has 0 saturated heterocycles. The van der Waals surface area contributed by atoms with E-state index in [0.29, 0.717) is 5.75 Å². The lowest BCUT2D eigenvalue weighted by atomic mass is 10.1. The molecular weight excluding hydrogens is 416 g/mol.